The van der Waals surface area contributed by atoms with Crippen molar-refractivity contribution in [3.8, 4) is 0 Å². The van der Waals surface area contributed by atoms with E-state index in [-0.39, 0.29) is 0 Å². The minimum Gasteiger partial charge on any atom is -0.357 e. The highest BCUT2D eigenvalue weighted by molar-refractivity contribution is 5.79. The highest BCUT2D eigenvalue weighted by Gasteiger charge is 2.28. The van der Waals surface area contributed by atoms with E-state index < -0.39 is 0 Å². The van der Waals surface area contributed by atoms with Crippen LogP contribution in [0, 0.1) is 5.41 Å². The van der Waals surface area contributed by atoms with Gasteiger partial charge < -0.3 is 15.5 Å². The monoisotopic (exact) mass is 308 g/mol. The molecule has 0 aromatic carbocycles. The van der Waals surface area contributed by atoms with Crippen LogP contribution in [0.25, 0.3) is 0 Å². The van der Waals surface area contributed by atoms with Gasteiger partial charge in [-0.1, -0.05) is 19.8 Å². The van der Waals surface area contributed by atoms with E-state index in [0.29, 0.717) is 11.3 Å². The lowest BCUT2D eigenvalue weighted by Crippen LogP contribution is -2.39. The summed E-state index contributed by atoms with van der Waals surface area (Å²) >= 11 is 0. The van der Waals surface area contributed by atoms with E-state index >= 15 is 0 Å². The Kier molecular flexibility index (Phi) is 6.52. The largest absolute Gasteiger partial charge is 0.357 e. The van der Waals surface area contributed by atoms with Crippen molar-refractivity contribution in [2.24, 2.45) is 10.4 Å². The fourth-order valence-corrected chi connectivity index (χ4v) is 3.42. The summed E-state index contributed by atoms with van der Waals surface area (Å²) in [6.45, 7) is 8.91. The first kappa shape index (κ1) is 17.1. The first-order valence-corrected chi connectivity index (χ1v) is 8.93. The molecule has 126 valence electrons. The van der Waals surface area contributed by atoms with Crippen molar-refractivity contribution in [1.29, 1.82) is 0 Å². The van der Waals surface area contributed by atoms with Crippen LogP contribution in [-0.4, -0.2) is 49.5 Å². The lowest BCUT2D eigenvalue weighted by molar-refractivity contribution is -0.127. The van der Waals surface area contributed by atoms with Crippen molar-refractivity contribution in [3.05, 3.63) is 0 Å². The Morgan fingerprint density at radius 1 is 1.27 bits per heavy atom. The van der Waals surface area contributed by atoms with Gasteiger partial charge in [0, 0.05) is 39.1 Å². The molecule has 0 unspecified atom stereocenters. The van der Waals surface area contributed by atoms with E-state index in [1.807, 2.05) is 4.90 Å². The number of rotatable bonds is 7. The van der Waals surface area contributed by atoms with Crippen molar-refractivity contribution in [2.75, 3.05) is 32.7 Å². The Bertz CT molecular complexity index is 388. The lowest BCUT2D eigenvalue weighted by Gasteiger charge is -2.22. The Balaban J connectivity index is 1.70. The van der Waals surface area contributed by atoms with Crippen LogP contribution in [0.1, 0.15) is 58.8 Å². The maximum atomic E-state index is 11.6. The molecule has 2 aliphatic rings. The van der Waals surface area contributed by atoms with Crippen LogP contribution in [0.4, 0.5) is 0 Å². The van der Waals surface area contributed by atoms with Crippen LogP contribution >= 0.6 is 0 Å². The van der Waals surface area contributed by atoms with E-state index in [1.54, 1.807) is 0 Å². The van der Waals surface area contributed by atoms with Crippen molar-refractivity contribution in [3.63, 3.8) is 0 Å². The van der Waals surface area contributed by atoms with Crippen LogP contribution in [0.2, 0.25) is 0 Å². The molecule has 1 saturated carbocycles. The Labute approximate surface area is 134 Å². The van der Waals surface area contributed by atoms with Crippen LogP contribution < -0.4 is 10.6 Å². The van der Waals surface area contributed by atoms with Gasteiger partial charge in [-0.05, 0) is 38.0 Å². The first-order valence-electron chi connectivity index (χ1n) is 8.93. The topological polar surface area (TPSA) is 56.7 Å². The predicted octanol–water partition coefficient (Wildman–Crippen LogP) is 2.13. The average Bonchev–Trinajstić information content (AvgIpc) is 3.10. The molecule has 0 spiro atoms. The number of hydrogen-bond acceptors (Lipinski definition) is 2. The van der Waals surface area contributed by atoms with Gasteiger partial charge in [0.25, 0.3) is 0 Å². The van der Waals surface area contributed by atoms with Gasteiger partial charge in [0.1, 0.15) is 0 Å². The van der Waals surface area contributed by atoms with Gasteiger partial charge in [-0.25, -0.2) is 0 Å². The summed E-state index contributed by atoms with van der Waals surface area (Å²) in [5, 5.41) is 6.72. The zero-order valence-corrected chi connectivity index (χ0v) is 14.3. The zero-order chi connectivity index (χ0) is 15.8. The lowest BCUT2D eigenvalue weighted by atomic mass is 9.89. The third kappa shape index (κ3) is 5.18. The summed E-state index contributed by atoms with van der Waals surface area (Å²) in [5.41, 5.74) is 0.393. The molecular weight excluding hydrogens is 276 g/mol. The van der Waals surface area contributed by atoms with Gasteiger partial charge in [0.05, 0.1) is 0 Å². The van der Waals surface area contributed by atoms with Crippen molar-refractivity contribution >= 4 is 11.9 Å². The number of nitrogens with one attached hydrogen (secondary N) is 2. The fraction of sp³-hybridized carbons (Fsp3) is 0.882. The predicted molar refractivity (Wildman–Crippen MR) is 91.0 cm³/mol. The SMILES string of the molecule is CCNC(=NCC1(C)CCCC1)NCCCN1CCCC1=O. The number of carbonyl (C=O) groups is 1. The molecule has 0 atom stereocenters. The maximum Gasteiger partial charge on any atom is 0.222 e. The van der Waals surface area contributed by atoms with Gasteiger partial charge in [0.15, 0.2) is 5.96 Å². The number of nitrogens with zero attached hydrogens (tertiary/aromatic N) is 2. The first-order chi connectivity index (χ1) is 10.6. The minimum atomic E-state index is 0.315. The second-order valence-electron chi connectivity index (χ2n) is 6.98. The van der Waals surface area contributed by atoms with Gasteiger partial charge in [0.2, 0.25) is 5.91 Å². The van der Waals surface area contributed by atoms with Crippen LogP contribution in [-0.2, 0) is 4.79 Å². The van der Waals surface area contributed by atoms with Crippen molar-refractivity contribution in [2.45, 2.75) is 58.8 Å². The van der Waals surface area contributed by atoms with Crippen molar-refractivity contribution in [1.82, 2.24) is 15.5 Å². The fourth-order valence-electron chi connectivity index (χ4n) is 3.42. The normalized spacial score (nSPS) is 21.5. The highest BCUT2D eigenvalue weighted by Crippen LogP contribution is 2.37. The van der Waals surface area contributed by atoms with Crippen molar-refractivity contribution < 1.29 is 4.79 Å². The minimum absolute atomic E-state index is 0.315. The smallest absolute Gasteiger partial charge is 0.222 e. The van der Waals surface area contributed by atoms with E-state index in [9.17, 15) is 4.79 Å². The summed E-state index contributed by atoms with van der Waals surface area (Å²) in [7, 11) is 0. The molecule has 0 aromatic rings. The second kappa shape index (κ2) is 8.39. The summed E-state index contributed by atoms with van der Waals surface area (Å²) < 4.78 is 0. The molecule has 0 aromatic heterocycles. The quantitative estimate of drug-likeness (QED) is 0.430. The van der Waals surface area contributed by atoms with E-state index in [2.05, 4.69) is 24.5 Å². The molecule has 0 radical (unpaired) electrons. The number of likely N-dealkylation sites (tertiary alicyclic amines) is 1. The molecule has 2 rings (SSSR count). The van der Waals surface area contributed by atoms with Gasteiger partial charge in [-0.15, -0.1) is 0 Å². The zero-order valence-electron chi connectivity index (χ0n) is 14.3. The second-order valence-corrected chi connectivity index (χ2v) is 6.98. The molecule has 5 nitrogen and oxygen atoms in total. The summed E-state index contributed by atoms with van der Waals surface area (Å²) in [4.78, 5) is 18.3. The third-order valence-electron chi connectivity index (χ3n) is 4.84. The molecular formula is C17H32N4O. The third-order valence-corrected chi connectivity index (χ3v) is 4.84. The number of hydrogen-bond donors (Lipinski definition) is 2. The van der Waals surface area contributed by atoms with Crippen LogP contribution in [0.3, 0.4) is 0 Å². The summed E-state index contributed by atoms with van der Waals surface area (Å²) in [6, 6.07) is 0. The number of carbonyl (C=O) groups excluding carboxylic acids is 1. The number of aliphatic imine (C=N–C) groups is 1. The molecule has 2 fully saturated rings. The molecule has 1 heterocycles. The molecule has 1 saturated heterocycles. The highest BCUT2D eigenvalue weighted by atomic mass is 16.2. The molecule has 1 aliphatic carbocycles. The van der Waals surface area contributed by atoms with Crippen LogP contribution in [0.5, 0.6) is 0 Å². The Morgan fingerprint density at radius 3 is 2.68 bits per heavy atom. The maximum absolute atomic E-state index is 11.6. The van der Waals surface area contributed by atoms with E-state index in [0.717, 1.165) is 57.9 Å². The van der Waals surface area contributed by atoms with Crippen LogP contribution in [0.15, 0.2) is 4.99 Å². The summed E-state index contributed by atoms with van der Waals surface area (Å²) in [5.74, 6) is 1.23. The van der Waals surface area contributed by atoms with Gasteiger partial charge in [-0.2, -0.15) is 0 Å². The molecule has 2 N–H and O–H groups in total. The summed E-state index contributed by atoms with van der Waals surface area (Å²) in [6.07, 6.45) is 8.03. The van der Waals surface area contributed by atoms with E-state index in [1.165, 1.54) is 25.7 Å². The Morgan fingerprint density at radius 2 is 2.05 bits per heavy atom. The standard InChI is InChI=1S/C17H32N4O/c1-3-18-16(20-14-17(2)9-4-5-10-17)19-11-7-13-21-12-6-8-15(21)22/h3-14H2,1-2H3,(H2,18,19,20). The number of amides is 1. The molecule has 22 heavy (non-hydrogen) atoms. The molecule has 0 bridgehead atoms. The number of guanidine groups is 1. The molecule has 1 aliphatic heterocycles. The molecule has 1 amide bonds. The molecule has 5 heteroatoms. The van der Waals surface area contributed by atoms with Gasteiger partial charge in [-0.3, -0.25) is 9.79 Å². The Hall–Kier alpha value is -1.26. The van der Waals surface area contributed by atoms with Gasteiger partial charge >= 0.3 is 0 Å². The van der Waals surface area contributed by atoms with E-state index in [4.69, 9.17) is 4.99 Å². The average molecular weight is 308 g/mol.